The Kier molecular flexibility index (Phi) is 6.39. The first-order valence-corrected chi connectivity index (χ1v) is 9.35. The molecule has 0 bridgehead atoms. The molecule has 20 heavy (non-hydrogen) atoms. The van der Waals surface area contributed by atoms with E-state index in [1.807, 2.05) is 0 Å². The molecule has 0 heterocycles. The van der Waals surface area contributed by atoms with Crippen molar-refractivity contribution in [2.75, 3.05) is 6.54 Å². The summed E-state index contributed by atoms with van der Waals surface area (Å²) in [6, 6.07) is 0.642. The standard InChI is InChI=1S/C19H37N/c1-5-16-8-6-7-9-18(16)19-12-15(4)10-11-17(19)13-20-14(2)3/h14-20H,5-13H2,1-4H3. The van der Waals surface area contributed by atoms with Crippen molar-refractivity contribution in [3.8, 4) is 0 Å². The molecule has 0 aromatic heterocycles. The second kappa shape index (κ2) is 7.82. The lowest BCUT2D eigenvalue weighted by atomic mass is 9.62. The molecule has 1 N–H and O–H groups in total. The van der Waals surface area contributed by atoms with Crippen LogP contribution in [0.5, 0.6) is 0 Å². The molecule has 0 spiro atoms. The molecule has 1 nitrogen and oxygen atoms in total. The van der Waals surface area contributed by atoms with Crippen LogP contribution in [-0.2, 0) is 0 Å². The third kappa shape index (κ3) is 4.23. The summed E-state index contributed by atoms with van der Waals surface area (Å²) in [7, 11) is 0. The van der Waals surface area contributed by atoms with Gasteiger partial charge in [0.2, 0.25) is 0 Å². The minimum atomic E-state index is 0.642. The van der Waals surface area contributed by atoms with Gasteiger partial charge in [-0.25, -0.2) is 0 Å². The molecular weight excluding hydrogens is 242 g/mol. The van der Waals surface area contributed by atoms with Gasteiger partial charge in [0.25, 0.3) is 0 Å². The lowest BCUT2D eigenvalue weighted by Crippen LogP contribution is -2.41. The van der Waals surface area contributed by atoms with Crippen molar-refractivity contribution >= 4 is 0 Å². The first-order valence-electron chi connectivity index (χ1n) is 9.35. The first-order chi connectivity index (χ1) is 9.61. The lowest BCUT2D eigenvalue weighted by molar-refractivity contribution is 0.0595. The van der Waals surface area contributed by atoms with Crippen molar-refractivity contribution in [2.45, 2.75) is 85.1 Å². The van der Waals surface area contributed by atoms with Crippen molar-refractivity contribution in [2.24, 2.45) is 29.6 Å². The Labute approximate surface area is 127 Å². The molecule has 2 rings (SSSR count). The van der Waals surface area contributed by atoms with Gasteiger partial charge in [-0.1, -0.05) is 59.8 Å². The zero-order valence-electron chi connectivity index (χ0n) is 14.3. The van der Waals surface area contributed by atoms with E-state index in [0.717, 1.165) is 29.6 Å². The SMILES string of the molecule is CCC1CCCCC1C1CC(C)CCC1CNC(C)C. The molecule has 0 aliphatic heterocycles. The van der Waals surface area contributed by atoms with Crippen molar-refractivity contribution in [1.29, 1.82) is 0 Å². The zero-order chi connectivity index (χ0) is 14.5. The fourth-order valence-electron chi connectivity index (χ4n) is 4.96. The van der Waals surface area contributed by atoms with Gasteiger partial charge in [-0.05, 0) is 55.4 Å². The average molecular weight is 280 g/mol. The smallest absolute Gasteiger partial charge is 0.00104 e. The highest BCUT2D eigenvalue weighted by atomic mass is 14.9. The van der Waals surface area contributed by atoms with E-state index in [2.05, 4.69) is 33.0 Å². The Morgan fingerprint density at radius 3 is 2.40 bits per heavy atom. The van der Waals surface area contributed by atoms with E-state index in [1.54, 1.807) is 0 Å². The van der Waals surface area contributed by atoms with Crippen LogP contribution >= 0.6 is 0 Å². The maximum Gasteiger partial charge on any atom is 0.00104 e. The predicted molar refractivity (Wildman–Crippen MR) is 88.9 cm³/mol. The topological polar surface area (TPSA) is 12.0 Å². The van der Waals surface area contributed by atoms with Gasteiger partial charge in [-0.2, -0.15) is 0 Å². The predicted octanol–water partition coefficient (Wildman–Crippen LogP) is 5.25. The number of nitrogens with one attached hydrogen (secondary N) is 1. The van der Waals surface area contributed by atoms with E-state index < -0.39 is 0 Å². The highest BCUT2D eigenvalue weighted by Gasteiger charge is 2.38. The Hall–Kier alpha value is -0.0400. The van der Waals surface area contributed by atoms with Crippen LogP contribution in [0.25, 0.3) is 0 Å². The van der Waals surface area contributed by atoms with Gasteiger partial charge in [0.1, 0.15) is 0 Å². The monoisotopic (exact) mass is 279 g/mol. The highest BCUT2D eigenvalue weighted by Crippen LogP contribution is 2.46. The fraction of sp³-hybridized carbons (Fsp3) is 1.00. The normalized spacial score (nSPS) is 39.1. The van der Waals surface area contributed by atoms with E-state index in [9.17, 15) is 0 Å². The lowest BCUT2D eigenvalue weighted by Gasteiger charge is -2.45. The molecule has 0 amide bonds. The first kappa shape index (κ1) is 16.3. The Bertz CT molecular complexity index is 273. The third-order valence-corrected chi connectivity index (χ3v) is 6.14. The van der Waals surface area contributed by atoms with E-state index in [-0.39, 0.29) is 0 Å². The summed E-state index contributed by atoms with van der Waals surface area (Å²) in [6.07, 6.45) is 11.9. The number of hydrogen-bond acceptors (Lipinski definition) is 1. The van der Waals surface area contributed by atoms with Crippen LogP contribution in [-0.4, -0.2) is 12.6 Å². The van der Waals surface area contributed by atoms with Gasteiger partial charge >= 0.3 is 0 Å². The Morgan fingerprint density at radius 1 is 0.950 bits per heavy atom. The van der Waals surface area contributed by atoms with Gasteiger partial charge in [0, 0.05) is 6.04 Å². The third-order valence-electron chi connectivity index (χ3n) is 6.14. The molecule has 2 aliphatic carbocycles. The van der Waals surface area contributed by atoms with Crippen LogP contribution in [0, 0.1) is 29.6 Å². The van der Waals surface area contributed by atoms with Gasteiger partial charge in [-0.3, -0.25) is 0 Å². The quantitative estimate of drug-likeness (QED) is 0.724. The minimum Gasteiger partial charge on any atom is -0.314 e. The molecule has 118 valence electrons. The summed E-state index contributed by atoms with van der Waals surface area (Å²) in [5.41, 5.74) is 0. The molecule has 0 saturated heterocycles. The van der Waals surface area contributed by atoms with Crippen LogP contribution < -0.4 is 5.32 Å². The molecule has 0 aromatic rings. The van der Waals surface area contributed by atoms with E-state index in [0.29, 0.717) is 6.04 Å². The molecule has 2 saturated carbocycles. The van der Waals surface area contributed by atoms with Crippen molar-refractivity contribution in [3.63, 3.8) is 0 Å². The van der Waals surface area contributed by atoms with Crippen LogP contribution in [0.2, 0.25) is 0 Å². The molecule has 2 fully saturated rings. The maximum absolute atomic E-state index is 3.73. The largest absolute Gasteiger partial charge is 0.314 e. The summed E-state index contributed by atoms with van der Waals surface area (Å²) in [4.78, 5) is 0. The summed E-state index contributed by atoms with van der Waals surface area (Å²) in [5, 5.41) is 3.73. The molecular formula is C19H37N. The molecule has 1 heteroatoms. The van der Waals surface area contributed by atoms with Gasteiger partial charge < -0.3 is 5.32 Å². The molecule has 5 unspecified atom stereocenters. The van der Waals surface area contributed by atoms with Crippen LogP contribution in [0.15, 0.2) is 0 Å². The molecule has 2 aliphatic rings. The van der Waals surface area contributed by atoms with Crippen molar-refractivity contribution in [3.05, 3.63) is 0 Å². The van der Waals surface area contributed by atoms with Gasteiger partial charge in [0.15, 0.2) is 0 Å². The second-order valence-corrected chi connectivity index (χ2v) is 8.02. The van der Waals surface area contributed by atoms with Gasteiger partial charge in [0.05, 0.1) is 0 Å². The van der Waals surface area contributed by atoms with Crippen molar-refractivity contribution < 1.29 is 0 Å². The number of rotatable bonds is 5. The van der Waals surface area contributed by atoms with Crippen LogP contribution in [0.1, 0.15) is 79.1 Å². The molecule has 0 aromatic carbocycles. The van der Waals surface area contributed by atoms with E-state index in [4.69, 9.17) is 0 Å². The average Bonchev–Trinajstić information content (AvgIpc) is 2.45. The Morgan fingerprint density at radius 2 is 1.70 bits per heavy atom. The van der Waals surface area contributed by atoms with Crippen LogP contribution in [0.3, 0.4) is 0 Å². The summed E-state index contributed by atoms with van der Waals surface area (Å²) in [5.74, 6) is 4.99. The summed E-state index contributed by atoms with van der Waals surface area (Å²) >= 11 is 0. The summed E-state index contributed by atoms with van der Waals surface area (Å²) < 4.78 is 0. The minimum absolute atomic E-state index is 0.642. The highest BCUT2D eigenvalue weighted by molar-refractivity contribution is 4.89. The second-order valence-electron chi connectivity index (χ2n) is 8.02. The summed E-state index contributed by atoms with van der Waals surface area (Å²) in [6.45, 7) is 10.8. The van der Waals surface area contributed by atoms with E-state index in [1.165, 1.54) is 57.9 Å². The Balaban J connectivity index is 2.01. The number of hydrogen-bond donors (Lipinski definition) is 1. The van der Waals surface area contributed by atoms with Gasteiger partial charge in [-0.15, -0.1) is 0 Å². The van der Waals surface area contributed by atoms with Crippen molar-refractivity contribution in [1.82, 2.24) is 5.32 Å². The molecule has 5 atom stereocenters. The van der Waals surface area contributed by atoms with E-state index >= 15 is 0 Å². The maximum atomic E-state index is 3.73. The molecule has 0 radical (unpaired) electrons. The van der Waals surface area contributed by atoms with Crippen LogP contribution in [0.4, 0.5) is 0 Å². The zero-order valence-corrected chi connectivity index (χ0v) is 14.3. The fourth-order valence-corrected chi connectivity index (χ4v) is 4.96.